The molecule has 0 fully saturated rings. The molecule has 0 aliphatic heterocycles. The van der Waals surface area contributed by atoms with E-state index < -0.39 is 11.7 Å². The van der Waals surface area contributed by atoms with E-state index in [9.17, 15) is 0 Å². The first kappa shape index (κ1) is 14.4. The van der Waals surface area contributed by atoms with Gasteiger partial charge in [0.05, 0.1) is 0 Å². The topological polar surface area (TPSA) is 0 Å². The third-order valence-corrected chi connectivity index (χ3v) is 5.93. The molecule has 0 aromatic heterocycles. The average molecular weight is 270 g/mol. The molecule has 0 spiro atoms. The Kier molecular flexibility index (Phi) is 6.28. The third kappa shape index (κ3) is 5.34. The fourth-order valence-electron chi connectivity index (χ4n) is 1.01. The molecule has 0 aliphatic carbocycles. The molecule has 0 rings (SSSR count). The average Bonchev–Trinajstić information content (AvgIpc) is 2.10. The molecule has 0 aliphatic rings. The molecule has 0 heterocycles. The lowest BCUT2D eigenvalue weighted by Gasteiger charge is -2.27. The SMILES string of the molecule is C#CC(C)P(CC(Cl)(Cl)Cl)C(C)C#C. The van der Waals surface area contributed by atoms with Crippen LogP contribution in [0.2, 0.25) is 0 Å². The second kappa shape index (κ2) is 6.10. The van der Waals surface area contributed by atoms with Crippen LogP contribution in [0.3, 0.4) is 0 Å². The maximum Gasteiger partial charge on any atom is 0.194 e. The highest BCUT2D eigenvalue weighted by molar-refractivity contribution is 7.60. The minimum atomic E-state index is -1.26. The quantitative estimate of drug-likeness (QED) is 0.414. The summed E-state index contributed by atoms with van der Waals surface area (Å²) in [6, 6.07) is 0. The lowest BCUT2D eigenvalue weighted by molar-refractivity contribution is 1.13. The molecule has 0 aromatic carbocycles. The normalized spacial score (nSPS) is 17.6. The number of terminal acetylenes is 2. The van der Waals surface area contributed by atoms with E-state index in [4.69, 9.17) is 47.6 Å². The molecule has 0 N–H and O–H groups in total. The van der Waals surface area contributed by atoms with Crippen molar-refractivity contribution in [2.24, 2.45) is 0 Å². The second-order valence-electron chi connectivity index (χ2n) is 2.97. The zero-order valence-corrected chi connectivity index (χ0v) is 11.3. The Balaban J connectivity index is 4.61. The first-order valence-corrected chi connectivity index (χ1v) is 6.86. The van der Waals surface area contributed by atoms with Crippen LogP contribution in [0, 0.1) is 24.7 Å². The molecule has 2 atom stereocenters. The number of hydrogen-bond donors (Lipinski definition) is 0. The summed E-state index contributed by atoms with van der Waals surface area (Å²) >= 11 is 17.2. The molecule has 0 aromatic rings. The molecule has 0 nitrogen and oxygen atoms in total. The number of alkyl halides is 3. The minimum Gasteiger partial charge on any atom is -0.119 e. The van der Waals surface area contributed by atoms with Gasteiger partial charge in [-0.3, -0.25) is 0 Å². The minimum absolute atomic E-state index is 0.0756. The van der Waals surface area contributed by atoms with Crippen molar-refractivity contribution >= 4 is 42.7 Å². The first-order valence-electron chi connectivity index (χ1n) is 4.06. The third-order valence-electron chi connectivity index (χ3n) is 1.84. The molecule has 0 bridgehead atoms. The predicted molar refractivity (Wildman–Crippen MR) is 68.7 cm³/mol. The molecule has 0 radical (unpaired) electrons. The number of halogens is 3. The number of hydrogen-bond acceptors (Lipinski definition) is 0. The second-order valence-corrected chi connectivity index (χ2v) is 8.38. The summed E-state index contributed by atoms with van der Waals surface area (Å²) in [5.74, 6) is 5.32. The van der Waals surface area contributed by atoms with Crippen molar-refractivity contribution in [2.45, 2.75) is 29.0 Å². The summed E-state index contributed by atoms with van der Waals surface area (Å²) in [5, 5.41) is 0. The van der Waals surface area contributed by atoms with E-state index in [2.05, 4.69) is 11.8 Å². The largest absolute Gasteiger partial charge is 0.194 e. The van der Waals surface area contributed by atoms with Crippen molar-refractivity contribution in [2.75, 3.05) is 6.16 Å². The summed E-state index contributed by atoms with van der Waals surface area (Å²) < 4.78 is -1.26. The van der Waals surface area contributed by atoms with Crippen LogP contribution in [0.4, 0.5) is 0 Å². The van der Waals surface area contributed by atoms with Crippen LogP contribution >= 0.6 is 42.7 Å². The van der Waals surface area contributed by atoms with Crippen LogP contribution < -0.4 is 0 Å². The molecule has 2 unspecified atom stereocenters. The van der Waals surface area contributed by atoms with Crippen LogP contribution in [0.25, 0.3) is 0 Å². The molecular weight excluding hydrogens is 257 g/mol. The molecule has 14 heavy (non-hydrogen) atoms. The summed E-state index contributed by atoms with van der Waals surface area (Å²) in [6.45, 7) is 3.88. The highest BCUT2D eigenvalue weighted by Crippen LogP contribution is 2.51. The Hall–Kier alpha value is 0.420. The van der Waals surface area contributed by atoms with Crippen molar-refractivity contribution in [1.29, 1.82) is 0 Å². The van der Waals surface area contributed by atoms with Gasteiger partial charge in [-0.15, -0.1) is 12.8 Å². The van der Waals surface area contributed by atoms with Gasteiger partial charge in [0.15, 0.2) is 3.79 Å². The van der Waals surface area contributed by atoms with Gasteiger partial charge in [0.25, 0.3) is 0 Å². The molecule has 78 valence electrons. The van der Waals surface area contributed by atoms with E-state index in [1.807, 2.05) is 13.8 Å². The van der Waals surface area contributed by atoms with E-state index in [-0.39, 0.29) is 11.3 Å². The Morgan fingerprint density at radius 2 is 1.50 bits per heavy atom. The van der Waals surface area contributed by atoms with Crippen molar-refractivity contribution < 1.29 is 0 Å². The Morgan fingerprint density at radius 3 is 1.71 bits per heavy atom. The van der Waals surface area contributed by atoms with Gasteiger partial charge in [-0.2, -0.15) is 0 Å². The highest BCUT2D eigenvalue weighted by atomic mass is 35.6. The van der Waals surface area contributed by atoms with Crippen LogP contribution in [0.15, 0.2) is 0 Å². The van der Waals surface area contributed by atoms with Gasteiger partial charge in [-0.25, -0.2) is 0 Å². The van der Waals surface area contributed by atoms with Gasteiger partial charge in [0, 0.05) is 17.5 Å². The summed E-state index contributed by atoms with van der Waals surface area (Å²) in [5.41, 5.74) is 0.151. The van der Waals surface area contributed by atoms with Gasteiger partial charge < -0.3 is 0 Å². The van der Waals surface area contributed by atoms with E-state index >= 15 is 0 Å². The monoisotopic (exact) mass is 268 g/mol. The number of rotatable bonds is 3. The fourth-order valence-corrected chi connectivity index (χ4v) is 4.27. The van der Waals surface area contributed by atoms with Crippen LogP contribution in [0.5, 0.6) is 0 Å². The lowest BCUT2D eigenvalue weighted by atomic mass is 10.5. The standard InChI is InChI=1S/C10H12Cl3P/c1-5-8(3)14(9(4)6-2)7-10(11,12)13/h1-2,8-9H,7H2,3-4H3. The van der Waals surface area contributed by atoms with E-state index in [0.29, 0.717) is 6.16 Å². The first-order chi connectivity index (χ1) is 6.31. The summed E-state index contributed by atoms with van der Waals surface area (Å²) in [4.78, 5) is 0. The van der Waals surface area contributed by atoms with Crippen molar-refractivity contribution in [3.05, 3.63) is 0 Å². The maximum absolute atomic E-state index is 5.74. The summed E-state index contributed by atoms with van der Waals surface area (Å²) in [6.07, 6.45) is 11.2. The van der Waals surface area contributed by atoms with Gasteiger partial charge in [0.2, 0.25) is 0 Å². The van der Waals surface area contributed by atoms with E-state index in [0.717, 1.165) is 0 Å². The van der Waals surface area contributed by atoms with Crippen molar-refractivity contribution in [3.8, 4) is 24.7 Å². The smallest absolute Gasteiger partial charge is 0.119 e. The Labute approximate surface area is 102 Å². The molecular formula is C10H12Cl3P. The Bertz CT molecular complexity index is 236. The molecule has 0 saturated heterocycles. The lowest BCUT2D eigenvalue weighted by Crippen LogP contribution is -2.17. The summed E-state index contributed by atoms with van der Waals surface area (Å²) in [7, 11) is -0.639. The van der Waals surface area contributed by atoms with Gasteiger partial charge in [-0.1, -0.05) is 54.6 Å². The van der Waals surface area contributed by atoms with E-state index in [1.54, 1.807) is 0 Å². The molecule has 0 amide bonds. The van der Waals surface area contributed by atoms with Gasteiger partial charge in [0.1, 0.15) is 0 Å². The van der Waals surface area contributed by atoms with Crippen molar-refractivity contribution in [3.63, 3.8) is 0 Å². The zero-order valence-electron chi connectivity index (χ0n) is 8.10. The van der Waals surface area contributed by atoms with Crippen molar-refractivity contribution in [1.82, 2.24) is 0 Å². The van der Waals surface area contributed by atoms with Crippen LogP contribution in [0.1, 0.15) is 13.8 Å². The molecule has 0 saturated carbocycles. The van der Waals surface area contributed by atoms with Gasteiger partial charge in [-0.05, 0) is 13.8 Å². The van der Waals surface area contributed by atoms with Gasteiger partial charge >= 0.3 is 0 Å². The molecule has 4 heteroatoms. The zero-order chi connectivity index (χ0) is 11.4. The maximum atomic E-state index is 5.74. The Morgan fingerprint density at radius 1 is 1.14 bits per heavy atom. The van der Waals surface area contributed by atoms with Crippen LogP contribution in [-0.2, 0) is 0 Å². The highest BCUT2D eigenvalue weighted by Gasteiger charge is 2.30. The van der Waals surface area contributed by atoms with E-state index in [1.165, 1.54) is 0 Å². The predicted octanol–water partition coefficient (Wildman–Crippen LogP) is 3.88. The fraction of sp³-hybridized carbons (Fsp3) is 0.600. The van der Waals surface area contributed by atoms with Crippen LogP contribution in [-0.4, -0.2) is 21.3 Å².